The number of aromatic nitrogens is 3. The standard InChI is InChI=1S/C28H29N5O5/c1-17-22-14-19(10-11-24(22)33(32-17)27(36)37)20-13-21(16-29-15-20)30-25(34)23(12-18-8-6-5-7-9-18)31-26(35)38-28(2,3)4/h5-11,13-16,23H,12H2,1-4H3,(H,30,34)(H,31,35)(H,36,37). The van der Waals surface area contributed by atoms with Gasteiger partial charge >= 0.3 is 12.2 Å². The van der Waals surface area contributed by atoms with Crippen molar-refractivity contribution in [3.05, 3.63) is 78.2 Å². The number of fused-ring (bicyclic) bond motifs is 1. The molecular weight excluding hydrogens is 486 g/mol. The molecule has 0 radical (unpaired) electrons. The molecule has 10 nitrogen and oxygen atoms in total. The van der Waals surface area contributed by atoms with Gasteiger partial charge in [-0.1, -0.05) is 36.4 Å². The molecule has 0 fully saturated rings. The van der Waals surface area contributed by atoms with Gasteiger partial charge in [-0.25, -0.2) is 9.59 Å². The minimum Gasteiger partial charge on any atom is -0.463 e. The molecule has 3 N–H and O–H groups in total. The average molecular weight is 516 g/mol. The first kappa shape index (κ1) is 26.3. The SMILES string of the molecule is Cc1nn(C(=O)O)c2ccc(-c3cncc(NC(=O)C(Cc4ccccc4)NC(=O)OC(C)(C)C)c3)cc12. The van der Waals surface area contributed by atoms with Gasteiger partial charge in [0, 0.05) is 23.6 Å². The number of ether oxygens (including phenoxy) is 1. The van der Waals surface area contributed by atoms with Crippen molar-refractivity contribution in [3.63, 3.8) is 0 Å². The van der Waals surface area contributed by atoms with Crippen LogP contribution in [0.15, 0.2) is 67.0 Å². The van der Waals surface area contributed by atoms with Crippen LogP contribution in [0.2, 0.25) is 0 Å². The summed E-state index contributed by atoms with van der Waals surface area (Å²) in [5.74, 6) is -0.423. The lowest BCUT2D eigenvalue weighted by molar-refractivity contribution is -0.118. The first-order chi connectivity index (χ1) is 18.0. The van der Waals surface area contributed by atoms with E-state index < -0.39 is 29.7 Å². The number of nitrogens with one attached hydrogen (secondary N) is 2. The van der Waals surface area contributed by atoms with Crippen LogP contribution in [0.25, 0.3) is 22.0 Å². The van der Waals surface area contributed by atoms with Gasteiger partial charge in [0.1, 0.15) is 11.6 Å². The van der Waals surface area contributed by atoms with Crippen molar-refractivity contribution in [2.24, 2.45) is 0 Å². The molecule has 4 aromatic rings. The zero-order valence-corrected chi connectivity index (χ0v) is 21.6. The minimum atomic E-state index is -1.16. The van der Waals surface area contributed by atoms with Crippen molar-refractivity contribution in [2.45, 2.75) is 45.8 Å². The average Bonchev–Trinajstić information content (AvgIpc) is 3.19. The zero-order valence-electron chi connectivity index (χ0n) is 21.6. The van der Waals surface area contributed by atoms with E-state index in [1.54, 1.807) is 52.1 Å². The van der Waals surface area contributed by atoms with Crippen LogP contribution in [-0.4, -0.2) is 49.6 Å². The topological polar surface area (TPSA) is 135 Å². The molecule has 2 heterocycles. The third kappa shape index (κ3) is 6.33. The predicted octanol–water partition coefficient (Wildman–Crippen LogP) is 5.01. The summed E-state index contributed by atoms with van der Waals surface area (Å²) in [5, 5.41) is 19.7. The maximum absolute atomic E-state index is 13.3. The summed E-state index contributed by atoms with van der Waals surface area (Å²) in [4.78, 5) is 41.5. The fourth-order valence-electron chi connectivity index (χ4n) is 4.00. The number of nitrogens with zero attached hydrogens (tertiary/aromatic N) is 3. The highest BCUT2D eigenvalue weighted by Gasteiger charge is 2.25. The van der Waals surface area contributed by atoms with Crippen LogP contribution in [-0.2, 0) is 16.0 Å². The number of anilines is 1. The van der Waals surface area contributed by atoms with E-state index in [2.05, 4.69) is 20.7 Å². The molecule has 38 heavy (non-hydrogen) atoms. The first-order valence-corrected chi connectivity index (χ1v) is 12.0. The highest BCUT2D eigenvalue weighted by molar-refractivity contribution is 5.97. The van der Waals surface area contributed by atoms with E-state index >= 15 is 0 Å². The Kier molecular flexibility index (Phi) is 7.43. The van der Waals surface area contributed by atoms with Crippen molar-refractivity contribution in [2.75, 3.05) is 5.32 Å². The molecular formula is C28H29N5O5. The summed E-state index contributed by atoms with van der Waals surface area (Å²) < 4.78 is 6.30. The van der Waals surface area contributed by atoms with Gasteiger partial charge in [-0.3, -0.25) is 9.78 Å². The zero-order chi connectivity index (χ0) is 27.4. The maximum atomic E-state index is 13.3. The number of hydrogen-bond acceptors (Lipinski definition) is 6. The summed E-state index contributed by atoms with van der Waals surface area (Å²) in [7, 11) is 0. The van der Waals surface area contributed by atoms with Gasteiger partial charge in [0.2, 0.25) is 5.91 Å². The molecule has 0 saturated carbocycles. The van der Waals surface area contributed by atoms with E-state index in [9.17, 15) is 19.5 Å². The second-order valence-electron chi connectivity index (χ2n) is 9.85. The molecule has 0 saturated heterocycles. The Morgan fingerprint density at radius 1 is 1.03 bits per heavy atom. The lowest BCUT2D eigenvalue weighted by Gasteiger charge is -2.23. The summed E-state index contributed by atoms with van der Waals surface area (Å²) in [5.41, 5.74) is 3.16. The summed E-state index contributed by atoms with van der Waals surface area (Å²) in [6, 6.07) is 15.5. The quantitative estimate of drug-likeness (QED) is 0.328. The van der Waals surface area contributed by atoms with Gasteiger partial charge in [0.25, 0.3) is 0 Å². The Balaban J connectivity index is 1.57. The minimum absolute atomic E-state index is 0.266. The predicted molar refractivity (Wildman–Crippen MR) is 143 cm³/mol. The molecule has 0 aliphatic carbocycles. The van der Waals surface area contributed by atoms with E-state index in [1.165, 1.54) is 6.20 Å². The number of carbonyl (C=O) groups excluding carboxylic acids is 2. The van der Waals surface area contributed by atoms with Crippen molar-refractivity contribution < 1.29 is 24.2 Å². The van der Waals surface area contributed by atoms with E-state index in [0.29, 0.717) is 27.8 Å². The van der Waals surface area contributed by atoms with Crippen LogP contribution in [0.4, 0.5) is 15.3 Å². The van der Waals surface area contributed by atoms with Crippen LogP contribution in [0.1, 0.15) is 32.0 Å². The largest absolute Gasteiger partial charge is 0.463 e. The summed E-state index contributed by atoms with van der Waals surface area (Å²) in [6.45, 7) is 7.00. The smallest absolute Gasteiger partial charge is 0.432 e. The van der Waals surface area contributed by atoms with Crippen molar-refractivity contribution in [1.29, 1.82) is 0 Å². The van der Waals surface area contributed by atoms with Gasteiger partial charge < -0.3 is 20.5 Å². The third-order valence-electron chi connectivity index (χ3n) is 5.67. The number of carbonyl (C=O) groups is 3. The van der Waals surface area contributed by atoms with Gasteiger partial charge in [-0.05, 0) is 57.0 Å². The van der Waals surface area contributed by atoms with Gasteiger partial charge in [-0.2, -0.15) is 9.78 Å². The molecule has 4 rings (SSSR count). The molecule has 2 aromatic heterocycles. The van der Waals surface area contributed by atoms with E-state index in [0.717, 1.165) is 15.8 Å². The van der Waals surface area contributed by atoms with E-state index in [4.69, 9.17) is 4.74 Å². The number of pyridine rings is 1. The fourth-order valence-corrected chi connectivity index (χ4v) is 4.00. The molecule has 2 amide bonds. The molecule has 1 unspecified atom stereocenters. The highest BCUT2D eigenvalue weighted by atomic mass is 16.6. The Hall–Kier alpha value is -4.73. The Bertz CT molecular complexity index is 1490. The van der Waals surface area contributed by atoms with Crippen molar-refractivity contribution in [1.82, 2.24) is 20.1 Å². The molecule has 0 aliphatic heterocycles. The second-order valence-corrected chi connectivity index (χ2v) is 9.85. The summed E-state index contributed by atoms with van der Waals surface area (Å²) >= 11 is 0. The van der Waals surface area contributed by atoms with Gasteiger partial charge in [0.15, 0.2) is 0 Å². The Morgan fingerprint density at radius 3 is 2.45 bits per heavy atom. The number of rotatable bonds is 6. The Labute approximate surface area is 219 Å². The highest BCUT2D eigenvalue weighted by Crippen LogP contribution is 2.27. The molecule has 10 heteroatoms. The van der Waals surface area contributed by atoms with Crippen LogP contribution < -0.4 is 10.6 Å². The third-order valence-corrected chi connectivity index (χ3v) is 5.67. The van der Waals surface area contributed by atoms with E-state index in [-0.39, 0.29) is 6.42 Å². The number of hydrogen-bond donors (Lipinski definition) is 3. The van der Waals surface area contributed by atoms with Gasteiger partial charge in [-0.15, -0.1) is 0 Å². The van der Waals surface area contributed by atoms with Crippen LogP contribution in [0.3, 0.4) is 0 Å². The number of benzene rings is 2. The molecule has 1 atom stereocenters. The fraction of sp³-hybridized carbons (Fsp3) is 0.250. The number of aryl methyl sites for hydroxylation is 1. The Morgan fingerprint density at radius 2 is 1.76 bits per heavy atom. The maximum Gasteiger partial charge on any atom is 0.432 e. The molecule has 196 valence electrons. The lowest BCUT2D eigenvalue weighted by Crippen LogP contribution is -2.47. The first-order valence-electron chi connectivity index (χ1n) is 12.0. The van der Waals surface area contributed by atoms with Crippen LogP contribution in [0.5, 0.6) is 0 Å². The second kappa shape index (κ2) is 10.7. The number of amides is 2. The van der Waals surface area contributed by atoms with Crippen LogP contribution >= 0.6 is 0 Å². The lowest BCUT2D eigenvalue weighted by atomic mass is 10.0. The number of alkyl carbamates (subject to hydrolysis) is 1. The van der Waals surface area contributed by atoms with E-state index in [1.807, 2.05) is 36.4 Å². The van der Waals surface area contributed by atoms with Gasteiger partial charge in [0.05, 0.1) is 23.1 Å². The molecule has 0 aliphatic rings. The summed E-state index contributed by atoms with van der Waals surface area (Å²) in [6.07, 6.45) is 1.58. The molecule has 0 spiro atoms. The van der Waals surface area contributed by atoms with Crippen molar-refractivity contribution in [3.8, 4) is 11.1 Å². The van der Waals surface area contributed by atoms with Crippen molar-refractivity contribution >= 4 is 34.7 Å². The van der Waals surface area contributed by atoms with Crippen LogP contribution in [0, 0.1) is 6.92 Å². The molecule has 2 aromatic carbocycles. The monoisotopic (exact) mass is 515 g/mol. The molecule has 0 bridgehead atoms. The number of carboxylic acid groups (broad SMARTS) is 1. The normalized spacial score (nSPS) is 12.1.